The number of fused-ring (bicyclic) bond motifs is 4. The molecule has 5 rings (SSSR count). The van der Waals surface area contributed by atoms with Gasteiger partial charge in [0.05, 0.1) is 11.2 Å². The van der Waals surface area contributed by atoms with Gasteiger partial charge in [0.15, 0.2) is 0 Å². The number of halogens is 1. The number of furan rings is 1. The number of benzene rings is 3. The first-order valence-electron chi connectivity index (χ1n) is 7.63. The first-order valence-corrected chi connectivity index (χ1v) is 8.01. The minimum absolute atomic E-state index is 0.244. The van der Waals surface area contributed by atoms with Crippen LogP contribution in [0.25, 0.3) is 44.1 Å². The van der Waals surface area contributed by atoms with Crippen LogP contribution in [0.15, 0.2) is 71.1 Å². The second kappa shape index (κ2) is 5.05. The number of nitrogens with zero attached hydrogens (tertiary/aromatic N) is 2. The molecule has 2 aromatic heterocycles. The van der Waals surface area contributed by atoms with Crippen molar-refractivity contribution in [2.24, 2.45) is 0 Å². The van der Waals surface area contributed by atoms with Crippen molar-refractivity contribution in [1.82, 2.24) is 9.97 Å². The fourth-order valence-corrected chi connectivity index (χ4v) is 3.31. The molecule has 0 atom stereocenters. The third-order valence-electron chi connectivity index (χ3n) is 4.21. The van der Waals surface area contributed by atoms with Crippen molar-refractivity contribution in [3.63, 3.8) is 0 Å². The normalized spacial score (nSPS) is 11.5. The van der Waals surface area contributed by atoms with E-state index in [1.54, 1.807) is 0 Å². The van der Waals surface area contributed by atoms with E-state index in [-0.39, 0.29) is 5.28 Å². The topological polar surface area (TPSA) is 38.9 Å². The molecule has 0 fully saturated rings. The predicted octanol–water partition coefficient (Wildman–Crippen LogP) is 5.85. The summed E-state index contributed by atoms with van der Waals surface area (Å²) in [6, 6.07) is 22.0. The molecule has 0 saturated heterocycles. The van der Waals surface area contributed by atoms with Crippen molar-refractivity contribution in [2.45, 2.75) is 0 Å². The van der Waals surface area contributed by atoms with Gasteiger partial charge >= 0.3 is 0 Å². The van der Waals surface area contributed by atoms with E-state index in [4.69, 9.17) is 16.0 Å². The Kier molecular flexibility index (Phi) is 2.84. The van der Waals surface area contributed by atoms with Gasteiger partial charge in [-0.1, -0.05) is 48.5 Å². The SMILES string of the molecule is Clc1nc(-c2ccccc2)c2cc3oc4ccccc4c3cc2n1. The van der Waals surface area contributed by atoms with Crippen molar-refractivity contribution in [3.8, 4) is 11.3 Å². The molecule has 0 amide bonds. The second-order valence-corrected chi connectivity index (χ2v) is 6.01. The zero-order chi connectivity index (χ0) is 16.1. The first kappa shape index (κ1) is 13.5. The van der Waals surface area contributed by atoms with Crippen LogP contribution in [-0.2, 0) is 0 Å². The lowest BCUT2D eigenvalue weighted by Crippen LogP contribution is -1.91. The molecule has 0 N–H and O–H groups in total. The Labute approximate surface area is 142 Å². The van der Waals surface area contributed by atoms with Crippen molar-refractivity contribution in [3.05, 3.63) is 72.0 Å². The molecule has 0 aliphatic rings. The molecule has 4 heteroatoms. The highest BCUT2D eigenvalue weighted by Crippen LogP contribution is 2.35. The molecule has 0 radical (unpaired) electrons. The third kappa shape index (κ3) is 1.99. The summed E-state index contributed by atoms with van der Waals surface area (Å²) in [5.41, 5.74) is 4.32. The minimum atomic E-state index is 0.244. The van der Waals surface area contributed by atoms with E-state index in [0.29, 0.717) is 0 Å². The zero-order valence-corrected chi connectivity index (χ0v) is 13.3. The average molecular weight is 331 g/mol. The van der Waals surface area contributed by atoms with Crippen LogP contribution in [0.4, 0.5) is 0 Å². The van der Waals surface area contributed by atoms with Gasteiger partial charge in [-0.25, -0.2) is 9.97 Å². The molecule has 3 aromatic carbocycles. The van der Waals surface area contributed by atoms with Crippen LogP contribution in [0.3, 0.4) is 0 Å². The summed E-state index contributed by atoms with van der Waals surface area (Å²) in [5, 5.41) is 3.28. The zero-order valence-electron chi connectivity index (χ0n) is 12.5. The fourth-order valence-electron chi connectivity index (χ4n) is 3.14. The Morgan fingerprint density at radius 1 is 0.708 bits per heavy atom. The standard InChI is InChI=1S/C20H11ClN2O/c21-20-22-16-10-14-13-8-4-5-9-17(13)24-18(14)11-15(16)19(23-20)12-6-2-1-3-7-12/h1-11H. The highest BCUT2D eigenvalue weighted by molar-refractivity contribution is 6.29. The number of hydrogen-bond acceptors (Lipinski definition) is 3. The summed E-state index contributed by atoms with van der Waals surface area (Å²) in [6.07, 6.45) is 0. The molecule has 3 nitrogen and oxygen atoms in total. The molecule has 0 bridgehead atoms. The summed E-state index contributed by atoms with van der Waals surface area (Å²) < 4.78 is 5.99. The number of para-hydroxylation sites is 1. The van der Waals surface area contributed by atoms with E-state index >= 15 is 0 Å². The Hall–Kier alpha value is -2.91. The van der Waals surface area contributed by atoms with Crippen LogP contribution in [0.2, 0.25) is 5.28 Å². The Bertz CT molecular complexity index is 1210. The molecule has 2 heterocycles. The van der Waals surface area contributed by atoms with E-state index in [2.05, 4.69) is 9.97 Å². The smallest absolute Gasteiger partial charge is 0.223 e. The van der Waals surface area contributed by atoms with Crippen molar-refractivity contribution in [1.29, 1.82) is 0 Å². The summed E-state index contributed by atoms with van der Waals surface area (Å²) >= 11 is 6.17. The second-order valence-electron chi connectivity index (χ2n) is 5.67. The van der Waals surface area contributed by atoms with Gasteiger partial charge in [-0.15, -0.1) is 0 Å². The Balaban J connectivity index is 1.93. The molecular formula is C20H11ClN2O. The van der Waals surface area contributed by atoms with Gasteiger partial charge in [-0.3, -0.25) is 0 Å². The highest BCUT2D eigenvalue weighted by Gasteiger charge is 2.13. The minimum Gasteiger partial charge on any atom is -0.456 e. The Morgan fingerprint density at radius 2 is 1.50 bits per heavy atom. The lowest BCUT2D eigenvalue weighted by Gasteiger charge is -2.06. The summed E-state index contributed by atoms with van der Waals surface area (Å²) in [5.74, 6) is 0. The molecule has 0 aliphatic carbocycles. The van der Waals surface area contributed by atoms with Crippen LogP contribution in [-0.4, -0.2) is 9.97 Å². The average Bonchev–Trinajstić information content (AvgIpc) is 2.97. The first-order chi connectivity index (χ1) is 11.8. The fraction of sp³-hybridized carbons (Fsp3) is 0. The lowest BCUT2D eigenvalue weighted by molar-refractivity contribution is 0.669. The van der Waals surface area contributed by atoms with Crippen molar-refractivity contribution < 1.29 is 4.42 Å². The van der Waals surface area contributed by atoms with E-state index in [1.165, 1.54) is 0 Å². The molecule has 0 aliphatic heterocycles. The van der Waals surface area contributed by atoms with Gasteiger partial charge in [0.25, 0.3) is 0 Å². The van der Waals surface area contributed by atoms with E-state index < -0.39 is 0 Å². The van der Waals surface area contributed by atoms with Gasteiger partial charge in [-0.2, -0.15) is 0 Å². The quantitative estimate of drug-likeness (QED) is 0.362. The Morgan fingerprint density at radius 3 is 2.38 bits per heavy atom. The summed E-state index contributed by atoms with van der Waals surface area (Å²) in [4.78, 5) is 8.86. The van der Waals surface area contributed by atoms with Crippen LogP contribution >= 0.6 is 11.6 Å². The van der Waals surface area contributed by atoms with Crippen LogP contribution in [0.1, 0.15) is 0 Å². The molecule has 0 saturated carbocycles. The predicted molar refractivity (Wildman–Crippen MR) is 97.3 cm³/mol. The maximum Gasteiger partial charge on any atom is 0.223 e. The molecule has 0 spiro atoms. The summed E-state index contributed by atoms with van der Waals surface area (Å²) in [7, 11) is 0. The van der Waals surface area contributed by atoms with E-state index in [1.807, 2.05) is 66.7 Å². The van der Waals surface area contributed by atoms with Gasteiger partial charge in [-0.05, 0) is 29.8 Å². The third-order valence-corrected chi connectivity index (χ3v) is 4.38. The van der Waals surface area contributed by atoms with Gasteiger partial charge in [0.1, 0.15) is 11.2 Å². The van der Waals surface area contributed by atoms with Crippen molar-refractivity contribution in [2.75, 3.05) is 0 Å². The largest absolute Gasteiger partial charge is 0.456 e. The van der Waals surface area contributed by atoms with Gasteiger partial charge in [0.2, 0.25) is 5.28 Å². The van der Waals surface area contributed by atoms with Crippen LogP contribution in [0.5, 0.6) is 0 Å². The molecule has 114 valence electrons. The maximum absolute atomic E-state index is 6.17. The van der Waals surface area contributed by atoms with Gasteiger partial charge < -0.3 is 4.42 Å². The monoisotopic (exact) mass is 330 g/mol. The van der Waals surface area contributed by atoms with E-state index in [9.17, 15) is 0 Å². The van der Waals surface area contributed by atoms with Crippen LogP contribution in [0, 0.1) is 0 Å². The number of aromatic nitrogens is 2. The molecular weight excluding hydrogens is 320 g/mol. The number of hydrogen-bond donors (Lipinski definition) is 0. The molecule has 24 heavy (non-hydrogen) atoms. The number of rotatable bonds is 1. The van der Waals surface area contributed by atoms with Gasteiger partial charge in [0, 0.05) is 21.7 Å². The lowest BCUT2D eigenvalue weighted by atomic mass is 10.0. The summed E-state index contributed by atoms with van der Waals surface area (Å²) in [6.45, 7) is 0. The van der Waals surface area contributed by atoms with Crippen LogP contribution < -0.4 is 0 Å². The molecule has 5 aromatic rings. The highest BCUT2D eigenvalue weighted by atomic mass is 35.5. The van der Waals surface area contributed by atoms with E-state index in [0.717, 1.165) is 44.1 Å². The molecule has 0 unspecified atom stereocenters. The van der Waals surface area contributed by atoms with Crippen molar-refractivity contribution >= 4 is 44.4 Å². The maximum atomic E-state index is 6.17.